The first kappa shape index (κ1) is 16.7. The van der Waals surface area contributed by atoms with Crippen LogP contribution in [0.3, 0.4) is 0 Å². The number of piperidine rings is 1. The Balaban J connectivity index is 2.43. The Labute approximate surface area is 129 Å². The van der Waals surface area contributed by atoms with Gasteiger partial charge in [0.2, 0.25) is 0 Å². The van der Waals surface area contributed by atoms with Crippen LogP contribution in [0.4, 0.5) is 11.4 Å². The zero-order valence-electron chi connectivity index (χ0n) is 13.1. The van der Waals surface area contributed by atoms with Crippen LogP contribution in [0.5, 0.6) is 0 Å². The van der Waals surface area contributed by atoms with Gasteiger partial charge >= 0.3 is 0 Å². The summed E-state index contributed by atoms with van der Waals surface area (Å²) < 4.78 is 10.4. The Morgan fingerprint density at radius 1 is 1.32 bits per heavy atom. The summed E-state index contributed by atoms with van der Waals surface area (Å²) in [6.07, 6.45) is 0.350. The number of aliphatic hydroxyl groups is 1. The lowest BCUT2D eigenvalue weighted by atomic mass is 10.0. The zero-order valence-corrected chi connectivity index (χ0v) is 13.1. The Morgan fingerprint density at radius 2 is 1.91 bits per heavy atom. The Bertz CT molecular complexity index is 537. The van der Waals surface area contributed by atoms with Crippen molar-refractivity contribution >= 4 is 11.4 Å². The van der Waals surface area contributed by atoms with E-state index in [1.807, 2.05) is 6.92 Å². The summed E-state index contributed by atoms with van der Waals surface area (Å²) in [6, 6.07) is 3.32. The first-order valence-corrected chi connectivity index (χ1v) is 7.25. The number of hydrogen-bond acceptors (Lipinski definition) is 6. The molecule has 1 aromatic carbocycles. The van der Waals surface area contributed by atoms with Gasteiger partial charge in [-0.3, -0.25) is 10.1 Å². The Kier molecular flexibility index (Phi) is 5.33. The lowest BCUT2D eigenvalue weighted by Gasteiger charge is -2.33. The molecular weight excluding hydrogens is 288 g/mol. The van der Waals surface area contributed by atoms with E-state index in [0.717, 1.165) is 24.3 Å². The number of aliphatic hydroxyl groups excluding tert-OH is 1. The van der Waals surface area contributed by atoms with E-state index in [0.29, 0.717) is 18.4 Å². The predicted octanol–water partition coefficient (Wildman–Crippen LogP) is 2.16. The lowest BCUT2D eigenvalue weighted by Crippen LogP contribution is -2.36. The van der Waals surface area contributed by atoms with Gasteiger partial charge in [-0.05, 0) is 31.4 Å². The molecule has 0 amide bonds. The number of ether oxygens (including phenoxy) is 2. The first-order valence-electron chi connectivity index (χ1n) is 7.25. The number of nitro groups is 1. The fraction of sp³-hybridized carbons (Fsp3) is 0.600. The molecule has 7 heteroatoms. The van der Waals surface area contributed by atoms with Gasteiger partial charge in [-0.1, -0.05) is 0 Å². The van der Waals surface area contributed by atoms with Crippen LogP contribution in [-0.2, 0) is 9.47 Å². The number of hydrogen-bond donors (Lipinski definition) is 1. The van der Waals surface area contributed by atoms with Crippen molar-refractivity contribution < 1.29 is 19.5 Å². The van der Waals surface area contributed by atoms with Crippen LogP contribution in [0, 0.1) is 17.0 Å². The average molecular weight is 310 g/mol. The molecule has 1 N–H and O–H groups in total. The summed E-state index contributed by atoms with van der Waals surface area (Å²) in [5.74, 6) is 0. The van der Waals surface area contributed by atoms with Crippen molar-refractivity contribution in [1.29, 1.82) is 0 Å². The van der Waals surface area contributed by atoms with Crippen LogP contribution < -0.4 is 4.90 Å². The third kappa shape index (κ3) is 3.37. The van der Waals surface area contributed by atoms with E-state index in [1.54, 1.807) is 12.1 Å². The molecule has 1 saturated heterocycles. The van der Waals surface area contributed by atoms with E-state index >= 15 is 0 Å². The molecule has 0 aliphatic carbocycles. The van der Waals surface area contributed by atoms with Crippen LogP contribution >= 0.6 is 0 Å². The molecule has 22 heavy (non-hydrogen) atoms. The second-order valence-corrected chi connectivity index (χ2v) is 5.48. The molecule has 0 radical (unpaired) electrons. The molecule has 0 unspecified atom stereocenters. The summed E-state index contributed by atoms with van der Waals surface area (Å²) in [7, 11) is 2.91. The highest BCUT2D eigenvalue weighted by Gasteiger charge is 2.26. The molecule has 1 fully saturated rings. The highest BCUT2D eigenvalue weighted by molar-refractivity contribution is 5.61. The average Bonchev–Trinajstić information content (AvgIpc) is 2.50. The summed E-state index contributed by atoms with van der Waals surface area (Å²) in [6.45, 7) is 3.31. The lowest BCUT2D eigenvalue weighted by molar-refractivity contribution is -0.387. The SMILES string of the molecule is COC(OC)c1cc(N2CCC(O)CC2)c(C)cc1[N+](=O)[O-]. The molecule has 1 aliphatic rings. The van der Waals surface area contributed by atoms with E-state index in [4.69, 9.17) is 9.47 Å². The number of nitrogens with zero attached hydrogens (tertiary/aromatic N) is 2. The number of rotatable bonds is 5. The van der Waals surface area contributed by atoms with Gasteiger partial charge in [0.1, 0.15) is 0 Å². The third-order valence-corrected chi connectivity index (χ3v) is 4.03. The summed E-state index contributed by atoms with van der Waals surface area (Å²) >= 11 is 0. The van der Waals surface area contributed by atoms with Crippen molar-refractivity contribution in [3.8, 4) is 0 Å². The van der Waals surface area contributed by atoms with Crippen molar-refractivity contribution in [3.63, 3.8) is 0 Å². The van der Waals surface area contributed by atoms with E-state index in [-0.39, 0.29) is 11.8 Å². The molecule has 0 aromatic heterocycles. The Hall–Kier alpha value is -1.70. The van der Waals surface area contributed by atoms with Crippen LogP contribution in [0.15, 0.2) is 12.1 Å². The monoisotopic (exact) mass is 310 g/mol. The summed E-state index contributed by atoms with van der Waals surface area (Å²) in [4.78, 5) is 13.0. The number of anilines is 1. The molecule has 2 rings (SSSR count). The van der Waals surface area contributed by atoms with Crippen molar-refractivity contribution in [3.05, 3.63) is 33.4 Å². The molecule has 0 atom stereocenters. The second-order valence-electron chi connectivity index (χ2n) is 5.48. The number of nitro benzene ring substituents is 1. The van der Waals surface area contributed by atoms with Crippen molar-refractivity contribution in [2.24, 2.45) is 0 Å². The number of benzene rings is 1. The van der Waals surface area contributed by atoms with E-state index in [2.05, 4.69) is 4.90 Å². The standard InChI is InChI=1S/C15H22N2O5/c1-10-8-14(17(19)20)12(15(21-2)22-3)9-13(10)16-6-4-11(18)5-7-16/h8-9,11,15,18H,4-7H2,1-3H3. The molecule has 1 aliphatic heterocycles. The molecule has 0 bridgehead atoms. The minimum Gasteiger partial charge on any atom is -0.393 e. The van der Waals surface area contributed by atoms with Gasteiger partial charge in [-0.25, -0.2) is 0 Å². The fourth-order valence-corrected chi connectivity index (χ4v) is 2.84. The minimum absolute atomic E-state index is 0.00741. The summed E-state index contributed by atoms with van der Waals surface area (Å²) in [5, 5.41) is 20.9. The maximum atomic E-state index is 11.3. The van der Waals surface area contributed by atoms with Gasteiger partial charge in [-0.15, -0.1) is 0 Å². The topological polar surface area (TPSA) is 85.1 Å². The summed E-state index contributed by atoms with van der Waals surface area (Å²) in [5.41, 5.74) is 2.15. The molecule has 1 heterocycles. The molecule has 0 spiro atoms. The van der Waals surface area contributed by atoms with Gasteiger partial charge in [0, 0.05) is 39.1 Å². The molecule has 0 saturated carbocycles. The smallest absolute Gasteiger partial charge is 0.278 e. The zero-order chi connectivity index (χ0) is 16.3. The van der Waals surface area contributed by atoms with Crippen molar-refractivity contribution in [1.82, 2.24) is 0 Å². The third-order valence-electron chi connectivity index (χ3n) is 4.03. The number of methoxy groups -OCH3 is 2. The van der Waals surface area contributed by atoms with Crippen LogP contribution in [0.2, 0.25) is 0 Å². The fourth-order valence-electron chi connectivity index (χ4n) is 2.84. The van der Waals surface area contributed by atoms with Crippen LogP contribution in [0.1, 0.15) is 30.3 Å². The first-order chi connectivity index (χ1) is 10.5. The largest absolute Gasteiger partial charge is 0.393 e. The van der Waals surface area contributed by atoms with Gasteiger partial charge < -0.3 is 19.5 Å². The van der Waals surface area contributed by atoms with Gasteiger partial charge in [0.15, 0.2) is 6.29 Å². The maximum absolute atomic E-state index is 11.3. The van der Waals surface area contributed by atoms with Gasteiger partial charge in [0.25, 0.3) is 5.69 Å². The second kappa shape index (κ2) is 7.04. The van der Waals surface area contributed by atoms with Crippen molar-refractivity contribution in [2.45, 2.75) is 32.2 Å². The predicted molar refractivity (Wildman–Crippen MR) is 82.0 cm³/mol. The van der Waals surface area contributed by atoms with Gasteiger partial charge in [-0.2, -0.15) is 0 Å². The van der Waals surface area contributed by atoms with Crippen LogP contribution in [0.25, 0.3) is 0 Å². The van der Waals surface area contributed by atoms with Crippen molar-refractivity contribution in [2.75, 3.05) is 32.2 Å². The quantitative estimate of drug-likeness (QED) is 0.509. The normalized spacial score (nSPS) is 16.3. The highest BCUT2D eigenvalue weighted by atomic mass is 16.7. The molecule has 122 valence electrons. The van der Waals surface area contributed by atoms with E-state index in [1.165, 1.54) is 14.2 Å². The van der Waals surface area contributed by atoms with E-state index < -0.39 is 11.2 Å². The molecule has 1 aromatic rings. The maximum Gasteiger partial charge on any atom is 0.278 e. The van der Waals surface area contributed by atoms with E-state index in [9.17, 15) is 15.2 Å². The highest BCUT2D eigenvalue weighted by Crippen LogP contribution is 2.35. The Morgan fingerprint density at radius 3 is 2.41 bits per heavy atom. The molecular formula is C15H22N2O5. The minimum atomic E-state index is -0.782. The molecule has 7 nitrogen and oxygen atoms in total. The van der Waals surface area contributed by atoms with Crippen LogP contribution in [-0.4, -0.2) is 43.4 Å². The van der Waals surface area contributed by atoms with Gasteiger partial charge in [0.05, 0.1) is 16.6 Å². The number of aryl methyl sites for hydroxylation is 1.